The van der Waals surface area contributed by atoms with Crippen molar-refractivity contribution in [2.24, 2.45) is 59.2 Å². The van der Waals surface area contributed by atoms with Gasteiger partial charge in [0.05, 0.1) is 61.2 Å². The minimum Gasteiger partial charge on any atom is -0.465 e. The van der Waals surface area contributed by atoms with Crippen LogP contribution in [-0.2, 0) is 57.2 Å². The standard InChI is InChI=1S/C63H68O8.C61H64O8/c1-3-48-17-19-50(20-18-48)21-22-51-23-25-52(26-24-51)39-42-63(43-40-54(41-44-63)53-28-15-47(2)16-29-53)71-62(67)57-34-36-58(37-35-57)70-61(66)56-32-30-55(31-33-56)60(65)69-46-12-7-5-4-6-11-45-68-59(64)38-27-49-13-9-8-10-14-49;1-3-46-15-17-48(18-16-46)19-20-49-21-23-50(24-22-49)37-40-61(41-38-52(39-42-61)51-26-13-45(2)14-27-51)69-60(65)55-32-34-56(35-33-55)68-59(64)54-30-28-53(29-31-54)58(63)67-44-10-5-4-9-43-66-57(62)36-25-47-11-7-6-8-12-47/h1,8-10,13-14,17-20,23-27,34-38,47,53-56H,4-7,11-12,15-16,28-33,40-41,43-46H2,2H3;1,6-8,11-12,15-18,21-25,32-36,45,51-54H,4-5,9-10,13-14,26-31,38-39,41-44H2,2H3/b38-27+;36-25+. The number of terminal acetylenes is 2. The average molecular weight is 1880 g/mol. The van der Waals surface area contributed by atoms with E-state index in [4.69, 9.17) is 50.7 Å². The van der Waals surface area contributed by atoms with Crippen LogP contribution in [0.15, 0.2) is 218 Å². The summed E-state index contributed by atoms with van der Waals surface area (Å²) in [5.41, 5.74) is 7.57. The van der Waals surface area contributed by atoms with Gasteiger partial charge in [-0.1, -0.05) is 173 Å². The number of carbonyl (C=O) groups excluding carboxylic acids is 8. The fourth-order valence-corrected chi connectivity index (χ4v) is 19.7. The minimum absolute atomic E-state index is 0.192. The molecule has 6 aliphatic carbocycles. The minimum atomic E-state index is -0.921. The summed E-state index contributed by atoms with van der Waals surface area (Å²) in [4.78, 5) is 104. The highest BCUT2D eigenvalue weighted by Crippen LogP contribution is 2.47. The van der Waals surface area contributed by atoms with Crippen LogP contribution in [0.4, 0.5) is 0 Å². The molecule has 0 radical (unpaired) electrons. The molecule has 16 nitrogen and oxygen atoms in total. The van der Waals surface area contributed by atoms with E-state index < -0.39 is 23.1 Å². The van der Waals surface area contributed by atoms with Crippen molar-refractivity contribution in [3.8, 4) is 83.6 Å². The summed E-state index contributed by atoms with van der Waals surface area (Å²) in [5, 5.41) is 0. The van der Waals surface area contributed by atoms with Crippen molar-refractivity contribution in [1.82, 2.24) is 0 Å². The normalized spacial score (nSPS) is 21.9. The van der Waals surface area contributed by atoms with E-state index in [0.717, 1.165) is 157 Å². The van der Waals surface area contributed by atoms with E-state index in [0.29, 0.717) is 150 Å². The third-order valence-corrected chi connectivity index (χ3v) is 28.5. The van der Waals surface area contributed by atoms with Gasteiger partial charge < -0.3 is 37.9 Å². The monoisotopic (exact) mass is 1880 g/mol. The SMILES string of the molecule is C#Cc1ccc(C#Cc2ccc(C#CC3(OC(=O)c4ccc(OC(=O)C5CCC(C(=O)OCCCCCCCCOC(=O)/C=C/c6ccccc6)CC5)cc4)CCC(C4CCC(C)CC4)CC3)cc2)cc1.C#Cc1ccc(C#Cc2ccc(C#CC3(OC(=O)c4ccc(OC(=O)C5CCC(C(=O)OCCCCCCOC(=O)/C=C/c6ccccc6)CC5)cc4)CCC(C4CCC(C)CC4)CC3)cc2)cc1. The Bertz CT molecular complexity index is 5800. The molecule has 14 rings (SSSR count). The van der Waals surface area contributed by atoms with Crippen molar-refractivity contribution in [1.29, 1.82) is 0 Å². The Hall–Kier alpha value is -13.6. The lowest BCUT2D eigenvalue weighted by Gasteiger charge is -2.40. The lowest BCUT2D eigenvalue weighted by molar-refractivity contribution is -0.152. The zero-order chi connectivity index (χ0) is 97.9. The van der Waals surface area contributed by atoms with E-state index in [-0.39, 0.29) is 59.5 Å². The van der Waals surface area contributed by atoms with Crippen LogP contribution in [0.5, 0.6) is 11.5 Å². The number of rotatable bonds is 32. The second-order valence-electron chi connectivity index (χ2n) is 38.8. The Morgan fingerprint density at radius 1 is 0.293 bits per heavy atom. The van der Waals surface area contributed by atoms with Gasteiger partial charge in [-0.15, -0.1) is 12.8 Å². The lowest BCUT2D eigenvalue weighted by atomic mass is 9.68. The maximum atomic E-state index is 13.8. The molecule has 0 bridgehead atoms. The summed E-state index contributed by atoms with van der Waals surface area (Å²) in [6, 6.07) is 63.1. The molecule has 0 atom stereocenters. The number of unbranched alkanes of at least 4 members (excludes halogenated alkanes) is 8. The molecule has 6 fully saturated rings. The Morgan fingerprint density at radius 2 is 0.557 bits per heavy atom. The Balaban J connectivity index is 0.000000236. The first-order valence-electron chi connectivity index (χ1n) is 50.9. The maximum absolute atomic E-state index is 13.8. The topological polar surface area (TPSA) is 210 Å². The number of ether oxygens (including phenoxy) is 8. The number of carbonyl (C=O) groups is 8. The summed E-state index contributed by atoms with van der Waals surface area (Å²) in [6.07, 6.45) is 47.4. The quantitative estimate of drug-likeness (QED) is 0.00958. The molecule has 0 amide bonds. The zero-order valence-electron chi connectivity index (χ0n) is 81.3. The third-order valence-electron chi connectivity index (χ3n) is 28.5. The molecule has 0 saturated heterocycles. The predicted molar refractivity (Wildman–Crippen MR) is 546 cm³/mol. The molecular weight excluding hydrogens is 1750 g/mol. The number of hydrogen-bond acceptors (Lipinski definition) is 16. The molecule has 140 heavy (non-hydrogen) atoms. The number of hydrogen-bond donors (Lipinski definition) is 0. The van der Waals surface area contributed by atoms with Gasteiger partial charge in [0, 0.05) is 56.7 Å². The predicted octanol–water partition coefficient (Wildman–Crippen LogP) is 25.0. The Morgan fingerprint density at radius 3 is 0.857 bits per heavy atom. The van der Waals surface area contributed by atoms with Crippen LogP contribution < -0.4 is 9.47 Å². The first kappa shape index (κ1) is 104. The highest BCUT2D eigenvalue weighted by atomic mass is 16.6. The van der Waals surface area contributed by atoms with E-state index in [1.807, 2.05) is 158 Å². The number of benzene rings is 8. The van der Waals surface area contributed by atoms with Gasteiger partial charge in [0.15, 0.2) is 11.2 Å². The highest BCUT2D eigenvalue weighted by molar-refractivity contribution is 5.91. The lowest BCUT2D eigenvalue weighted by Crippen LogP contribution is -2.39. The van der Waals surface area contributed by atoms with Crippen LogP contribution in [0.1, 0.15) is 309 Å². The maximum Gasteiger partial charge on any atom is 0.339 e. The fraction of sp³-hybridized carbons (Fsp3) is 0.419. The molecule has 6 saturated carbocycles. The third kappa shape index (κ3) is 33.9. The summed E-state index contributed by atoms with van der Waals surface area (Å²) < 4.78 is 46.0. The Labute approximate surface area is 828 Å². The number of esters is 8. The van der Waals surface area contributed by atoms with Crippen LogP contribution in [-0.4, -0.2) is 85.4 Å². The second-order valence-corrected chi connectivity index (χ2v) is 38.8. The molecule has 8 aromatic carbocycles. The molecule has 0 aliphatic heterocycles. The zero-order valence-corrected chi connectivity index (χ0v) is 81.3. The van der Waals surface area contributed by atoms with Gasteiger partial charge in [-0.3, -0.25) is 19.2 Å². The molecule has 8 aromatic rings. The highest BCUT2D eigenvalue weighted by Gasteiger charge is 2.43. The van der Waals surface area contributed by atoms with Gasteiger partial charge >= 0.3 is 47.8 Å². The van der Waals surface area contributed by atoms with E-state index in [2.05, 4.69) is 73.1 Å². The Kier molecular flexibility index (Phi) is 40.5. The van der Waals surface area contributed by atoms with Gasteiger partial charge in [0.1, 0.15) is 11.5 Å². The van der Waals surface area contributed by atoms with Crippen molar-refractivity contribution in [2.75, 3.05) is 26.4 Å². The molecule has 6 aliphatic rings. The van der Waals surface area contributed by atoms with Gasteiger partial charge in [0.2, 0.25) is 0 Å². The van der Waals surface area contributed by atoms with Crippen molar-refractivity contribution in [2.45, 2.75) is 243 Å². The van der Waals surface area contributed by atoms with E-state index in [9.17, 15) is 38.4 Å². The first-order chi connectivity index (χ1) is 68.3. The van der Waals surface area contributed by atoms with Crippen molar-refractivity contribution < 1.29 is 76.3 Å². The van der Waals surface area contributed by atoms with Crippen LogP contribution in [0.2, 0.25) is 0 Å². The molecule has 724 valence electrons. The molecule has 0 N–H and O–H groups in total. The van der Waals surface area contributed by atoms with E-state index in [1.165, 1.54) is 63.5 Å². The van der Waals surface area contributed by atoms with Crippen molar-refractivity contribution in [3.05, 3.63) is 285 Å². The van der Waals surface area contributed by atoms with E-state index >= 15 is 0 Å². The van der Waals surface area contributed by atoms with Gasteiger partial charge in [0.25, 0.3) is 0 Å². The van der Waals surface area contributed by atoms with Crippen LogP contribution in [0.3, 0.4) is 0 Å². The van der Waals surface area contributed by atoms with E-state index in [1.54, 1.807) is 60.7 Å². The van der Waals surface area contributed by atoms with Crippen molar-refractivity contribution >= 4 is 59.9 Å². The molecule has 0 spiro atoms. The summed E-state index contributed by atoms with van der Waals surface area (Å²) in [5.74, 6) is 32.7. The summed E-state index contributed by atoms with van der Waals surface area (Å²) in [7, 11) is 0. The van der Waals surface area contributed by atoms with Crippen molar-refractivity contribution in [3.63, 3.8) is 0 Å². The molecule has 0 unspecified atom stereocenters. The largest absolute Gasteiger partial charge is 0.465 e. The fourth-order valence-electron chi connectivity index (χ4n) is 19.7. The van der Waals surface area contributed by atoms with Gasteiger partial charge in [-0.25, -0.2) is 19.2 Å². The molecule has 0 heterocycles. The van der Waals surface area contributed by atoms with Gasteiger partial charge in [-0.2, -0.15) is 0 Å². The molecule has 16 heteroatoms. The van der Waals surface area contributed by atoms with Crippen LogP contribution in [0.25, 0.3) is 12.2 Å². The molecule has 0 aromatic heterocycles. The van der Waals surface area contributed by atoms with Crippen LogP contribution in [0, 0.1) is 131 Å². The first-order valence-corrected chi connectivity index (χ1v) is 50.9. The average Bonchev–Trinajstić information content (AvgIpc) is 0.799. The summed E-state index contributed by atoms with van der Waals surface area (Å²) >= 11 is 0. The van der Waals surface area contributed by atoms with Crippen LogP contribution >= 0.6 is 0 Å². The van der Waals surface area contributed by atoms with Gasteiger partial charge in [-0.05, 0) is 383 Å². The smallest absolute Gasteiger partial charge is 0.339 e. The molecular formula is C124H132O16. The summed E-state index contributed by atoms with van der Waals surface area (Å²) in [6.45, 7) is 6.19. The second kappa shape index (κ2) is 54.6.